The van der Waals surface area contributed by atoms with Crippen LogP contribution < -0.4 is 5.32 Å². The number of hydrogen-bond donors (Lipinski definition) is 1. The van der Waals surface area contributed by atoms with Crippen molar-refractivity contribution in [3.63, 3.8) is 0 Å². The molecule has 3 rings (SSSR count). The van der Waals surface area contributed by atoms with Crippen molar-refractivity contribution in [2.75, 3.05) is 12.4 Å². The minimum absolute atomic E-state index is 0.139. The molecule has 7 heteroatoms. The van der Waals surface area contributed by atoms with Crippen molar-refractivity contribution in [2.24, 2.45) is 0 Å². The molecule has 1 aliphatic heterocycles. The van der Waals surface area contributed by atoms with Crippen LogP contribution in [-0.2, 0) is 9.59 Å². The van der Waals surface area contributed by atoms with Crippen LogP contribution in [0.25, 0.3) is 5.52 Å². The Balaban J connectivity index is 1.90. The van der Waals surface area contributed by atoms with E-state index in [1.807, 2.05) is 13.0 Å². The third-order valence-corrected chi connectivity index (χ3v) is 3.47. The van der Waals surface area contributed by atoms with Crippen LogP contribution >= 0.6 is 0 Å². The highest BCUT2D eigenvalue weighted by Crippen LogP contribution is 2.20. The number of likely N-dealkylation sites (N-methyl/N-ethyl adjacent to an activating group) is 1. The lowest BCUT2D eigenvalue weighted by Gasteiger charge is -2.28. The molecule has 0 radical (unpaired) electrons. The molecule has 104 valence electrons. The number of imide groups is 1. The maximum atomic E-state index is 12.1. The van der Waals surface area contributed by atoms with Crippen molar-refractivity contribution in [1.82, 2.24) is 19.5 Å². The first-order valence-corrected chi connectivity index (χ1v) is 6.44. The van der Waals surface area contributed by atoms with Crippen LogP contribution in [0.1, 0.15) is 18.5 Å². The lowest BCUT2D eigenvalue weighted by molar-refractivity contribution is -0.146. The van der Waals surface area contributed by atoms with Crippen LogP contribution in [0.3, 0.4) is 0 Å². The van der Waals surface area contributed by atoms with Crippen molar-refractivity contribution < 1.29 is 9.59 Å². The van der Waals surface area contributed by atoms with Crippen molar-refractivity contribution >= 4 is 23.1 Å². The lowest BCUT2D eigenvalue weighted by Crippen LogP contribution is -2.48. The number of carbonyl (C=O) groups is 2. The Morgan fingerprint density at radius 3 is 3.00 bits per heavy atom. The molecule has 1 fully saturated rings. The molecule has 7 nitrogen and oxygen atoms in total. The third-order valence-electron chi connectivity index (χ3n) is 3.47. The summed E-state index contributed by atoms with van der Waals surface area (Å²) in [4.78, 5) is 29.0. The Hall–Kier alpha value is -2.44. The lowest BCUT2D eigenvalue weighted by atomic mass is 10.0. The van der Waals surface area contributed by atoms with Gasteiger partial charge in [0, 0.05) is 25.9 Å². The molecule has 0 bridgehead atoms. The van der Waals surface area contributed by atoms with Gasteiger partial charge in [-0.2, -0.15) is 5.10 Å². The van der Waals surface area contributed by atoms with Crippen LogP contribution in [0.15, 0.2) is 18.5 Å². The van der Waals surface area contributed by atoms with Gasteiger partial charge in [-0.3, -0.25) is 14.5 Å². The first kappa shape index (κ1) is 12.6. The molecule has 1 saturated heterocycles. The molecule has 2 amide bonds. The number of aromatic nitrogens is 3. The van der Waals surface area contributed by atoms with Gasteiger partial charge in [0.15, 0.2) is 5.82 Å². The second-order valence-electron chi connectivity index (χ2n) is 4.92. The molecule has 1 unspecified atom stereocenters. The molecule has 1 N–H and O–H groups in total. The van der Waals surface area contributed by atoms with Crippen LogP contribution in [0.4, 0.5) is 5.82 Å². The van der Waals surface area contributed by atoms with E-state index < -0.39 is 6.04 Å². The normalized spacial score (nSPS) is 19.7. The fourth-order valence-electron chi connectivity index (χ4n) is 2.37. The summed E-state index contributed by atoms with van der Waals surface area (Å²) < 4.78 is 1.72. The van der Waals surface area contributed by atoms with E-state index in [-0.39, 0.29) is 11.8 Å². The zero-order chi connectivity index (χ0) is 14.3. The summed E-state index contributed by atoms with van der Waals surface area (Å²) in [5, 5.41) is 7.42. The van der Waals surface area contributed by atoms with Gasteiger partial charge >= 0.3 is 0 Å². The van der Waals surface area contributed by atoms with E-state index in [4.69, 9.17) is 0 Å². The summed E-state index contributed by atoms with van der Waals surface area (Å²) in [6.07, 6.45) is 4.23. The molecular weight excluding hydrogens is 258 g/mol. The number of fused-ring (bicyclic) bond motifs is 1. The first-order chi connectivity index (χ1) is 9.56. The van der Waals surface area contributed by atoms with Gasteiger partial charge in [0.1, 0.15) is 11.6 Å². The maximum Gasteiger partial charge on any atom is 0.251 e. The van der Waals surface area contributed by atoms with Crippen molar-refractivity contribution in [1.29, 1.82) is 0 Å². The monoisotopic (exact) mass is 273 g/mol. The van der Waals surface area contributed by atoms with Crippen LogP contribution in [-0.4, -0.2) is 44.4 Å². The molecule has 1 atom stereocenters. The molecule has 2 aromatic heterocycles. The zero-order valence-electron chi connectivity index (χ0n) is 11.3. The van der Waals surface area contributed by atoms with E-state index in [2.05, 4.69) is 15.4 Å². The largest absolute Gasteiger partial charge is 0.357 e. The Morgan fingerprint density at radius 1 is 1.40 bits per heavy atom. The molecule has 1 aliphatic rings. The average molecular weight is 273 g/mol. The molecule has 0 aromatic carbocycles. The summed E-state index contributed by atoms with van der Waals surface area (Å²) in [5.41, 5.74) is 1.70. The van der Waals surface area contributed by atoms with E-state index >= 15 is 0 Å². The summed E-state index contributed by atoms with van der Waals surface area (Å²) >= 11 is 0. The number of amides is 2. The number of piperidine rings is 1. The molecule has 3 heterocycles. The summed E-state index contributed by atoms with van der Waals surface area (Å²) in [7, 11) is 1.51. The average Bonchev–Trinajstić information content (AvgIpc) is 2.81. The molecule has 2 aromatic rings. The number of carbonyl (C=O) groups excluding carboxylic acids is 2. The predicted octanol–water partition coefficient (Wildman–Crippen LogP) is 0.597. The van der Waals surface area contributed by atoms with Gasteiger partial charge in [-0.05, 0) is 19.4 Å². The van der Waals surface area contributed by atoms with Crippen LogP contribution in [0.5, 0.6) is 0 Å². The van der Waals surface area contributed by atoms with Crippen molar-refractivity contribution in [2.45, 2.75) is 25.8 Å². The van der Waals surface area contributed by atoms with Crippen LogP contribution in [0, 0.1) is 6.92 Å². The topological polar surface area (TPSA) is 79.6 Å². The van der Waals surface area contributed by atoms with E-state index in [9.17, 15) is 9.59 Å². The highest BCUT2D eigenvalue weighted by Gasteiger charge is 2.32. The minimum Gasteiger partial charge on any atom is -0.357 e. The number of likely N-dealkylation sites (tertiary alicyclic amines) is 1. The molecule has 0 aliphatic carbocycles. The Morgan fingerprint density at radius 2 is 2.20 bits per heavy atom. The second kappa shape index (κ2) is 4.59. The van der Waals surface area contributed by atoms with E-state index in [1.165, 1.54) is 11.9 Å². The summed E-state index contributed by atoms with van der Waals surface area (Å²) in [5.74, 6) is 0.245. The van der Waals surface area contributed by atoms with Gasteiger partial charge in [0.2, 0.25) is 5.91 Å². The summed E-state index contributed by atoms with van der Waals surface area (Å²) in [6, 6.07) is 1.48. The Labute approximate surface area is 115 Å². The summed E-state index contributed by atoms with van der Waals surface area (Å²) in [6.45, 7) is 1.90. The SMILES string of the molecule is Cc1cc2c(NC3CCC(=O)N(C)C3=O)nccn2n1. The standard InChI is InChI=1S/C13H15N5O2/c1-8-7-10-12(14-5-6-18(10)16-8)15-9-3-4-11(19)17(2)13(9)20/h5-7,9H,3-4H2,1-2H3,(H,14,15). The minimum atomic E-state index is -0.424. The molecule has 0 spiro atoms. The zero-order valence-corrected chi connectivity index (χ0v) is 11.3. The number of nitrogens with zero attached hydrogens (tertiary/aromatic N) is 4. The number of aryl methyl sites for hydroxylation is 1. The smallest absolute Gasteiger partial charge is 0.251 e. The predicted molar refractivity (Wildman–Crippen MR) is 72.1 cm³/mol. The highest BCUT2D eigenvalue weighted by atomic mass is 16.2. The van der Waals surface area contributed by atoms with E-state index in [1.54, 1.807) is 16.9 Å². The van der Waals surface area contributed by atoms with Gasteiger partial charge < -0.3 is 5.32 Å². The first-order valence-electron chi connectivity index (χ1n) is 6.44. The number of nitrogens with one attached hydrogen (secondary N) is 1. The van der Waals surface area contributed by atoms with Crippen molar-refractivity contribution in [3.05, 3.63) is 24.2 Å². The van der Waals surface area contributed by atoms with E-state index in [0.29, 0.717) is 18.7 Å². The quantitative estimate of drug-likeness (QED) is 0.810. The van der Waals surface area contributed by atoms with Crippen molar-refractivity contribution in [3.8, 4) is 0 Å². The molecule has 20 heavy (non-hydrogen) atoms. The van der Waals surface area contributed by atoms with Gasteiger partial charge in [-0.15, -0.1) is 0 Å². The van der Waals surface area contributed by atoms with Gasteiger partial charge in [0.05, 0.1) is 5.69 Å². The number of hydrogen-bond acceptors (Lipinski definition) is 5. The number of anilines is 1. The molecular formula is C13H15N5O2. The molecule has 0 saturated carbocycles. The van der Waals surface area contributed by atoms with Gasteiger partial charge in [-0.25, -0.2) is 9.50 Å². The van der Waals surface area contributed by atoms with Gasteiger partial charge in [-0.1, -0.05) is 0 Å². The fraction of sp³-hybridized carbons (Fsp3) is 0.385. The Kier molecular flexibility index (Phi) is 2.89. The van der Waals surface area contributed by atoms with Crippen LogP contribution in [0.2, 0.25) is 0 Å². The number of rotatable bonds is 2. The second-order valence-corrected chi connectivity index (χ2v) is 4.92. The maximum absolute atomic E-state index is 12.1. The Bertz CT molecular complexity index is 693. The van der Waals surface area contributed by atoms with E-state index in [0.717, 1.165) is 11.2 Å². The highest BCUT2D eigenvalue weighted by molar-refractivity contribution is 6.01. The van der Waals surface area contributed by atoms with Gasteiger partial charge in [0.25, 0.3) is 5.91 Å². The fourth-order valence-corrected chi connectivity index (χ4v) is 2.37. The third kappa shape index (κ3) is 2.01.